The Hall–Kier alpha value is -1.71. The van der Waals surface area contributed by atoms with Crippen LogP contribution in [0.15, 0.2) is 34.1 Å². The van der Waals surface area contributed by atoms with E-state index in [0.29, 0.717) is 0 Å². The summed E-state index contributed by atoms with van der Waals surface area (Å²) in [5, 5.41) is 12.1. The minimum atomic E-state index is -0.323. The van der Waals surface area contributed by atoms with Gasteiger partial charge in [-0.15, -0.1) is 11.3 Å². The summed E-state index contributed by atoms with van der Waals surface area (Å²) in [6.07, 6.45) is 0. The van der Waals surface area contributed by atoms with Crippen molar-refractivity contribution in [1.82, 2.24) is 4.98 Å². The Kier molecular flexibility index (Phi) is 3.52. The minimum absolute atomic E-state index is 0.227. The second kappa shape index (κ2) is 5.08. The Morgan fingerprint density at radius 1 is 1.41 bits per heavy atom. The summed E-state index contributed by atoms with van der Waals surface area (Å²) < 4.78 is 0.937. The molecule has 0 aliphatic rings. The molecule has 0 aliphatic carbocycles. The van der Waals surface area contributed by atoms with Crippen molar-refractivity contribution >= 4 is 38.2 Å². The van der Waals surface area contributed by atoms with Crippen LogP contribution >= 0.6 is 27.3 Å². The number of nitriles is 1. The van der Waals surface area contributed by atoms with Crippen molar-refractivity contribution in [1.29, 1.82) is 5.26 Å². The smallest absolute Gasteiger partial charge is 0.274 e. The van der Waals surface area contributed by atoms with Gasteiger partial charge in [0.15, 0.2) is 0 Å². The van der Waals surface area contributed by atoms with Gasteiger partial charge in [0.2, 0.25) is 0 Å². The van der Waals surface area contributed by atoms with Crippen molar-refractivity contribution in [3.8, 4) is 6.07 Å². The maximum atomic E-state index is 11.8. The molecule has 2 heterocycles. The Morgan fingerprint density at radius 3 is 2.88 bits per heavy atom. The molecule has 0 fully saturated rings. The molecule has 0 saturated carbocycles. The molecular formula is C11H6BrN3OS. The zero-order valence-electron chi connectivity index (χ0n) is 8.48. The zero-order valence-corrected chi connectivity index (χ0v) is 10.9. The molecular weight excluding hydrogens is 302 g/mol. The van der Waals surface area contributed by atoms with E-state index in [4.69, 9.17) is 5.26 Å². The van der Waals surface area contributed by atoms with Gasteiger partial charge in [0.1, 0.15) is 17.5 Å². The van der Waals surface area contributed by atoms with Crippen molar-refractivity contribution in [3.63, 3.8) is 0 Å². The predicted molar refractivity (Wildman–Crippen MR) is 68.9 cm³/mol. The monoisotopic (exact) mass is 307 g/mol. The van der Waals surface area contributed by atoms with E-state index in [1.807, 2.05) is 12.1 Å². The third kappa shape index (κ3) is 2.90. The number of amides is 1. The fraction of sp³-hybridized carbons (Fsp3) is 0. The van der Waals surface area contributed by atoms with Crippen LogP contribution in [0.25, 0.3) is 0 Å². The molecule has 0 aromatic carbocycles. The molecule has 6 heteroatoms. The topological polar surface area (TPSA) is 65.8 Å². The lowest BCUT2D eigenvalue weighted by atomic mass is 10.3. The number of carbonyl (C=O) groups excluding carboxylic acids is 1. The summed E-state index contributed by atoms with van der Waals surface area (Å²) in [5.41, 5.74) is 0.457. The molecule has 0 aliphatic heterocycles. The van der Waals surface area contributed by atoms with Crippen molar-refractivity contribution < 1.29 is 4.79 Å². The highest BCUT2D eigenvalue weighted by molar-refractivity contribution is 9.11. The number of carbonyl (C=O) groups is 1. The fourth-order valence-electron chi connectivity index (χ4n) is 1.18. The molecule has 17 heavy (non-hydrogen) atoms. The second-order valence-electron chi connectivity index (χ2n) is 3.08. The van der Waals surface area contributed by atoms with E-state index in [9.17, 15) is 4.79 Å². The molecule has 4 nitrogen and oxygen atoms in total. The van der Waals surface area contributed by atoms with Gasteiger partial charge in [0.05, 0.1) is 8.79 Å². The van der Waals surface area contributed by atoms with Crippen molar-refractivity contribution in [2.75, 3.05) is 5.32 Å². The number of nitrogens with zero attached hydrogens (tertiary/aromatic N) is 2. The molecule has 0 unspecified atom stereocenters. The second-order valence-corrected chi connectivity index (χ2v) is 5.54. The van der Waals surface area contributed by atoms with Crippen molar-refractivity contribution in [3.05, 3.63) is 45.5 Å². The molecule has 0 saturated heterocycles. The van der Waals surface area contributed by atoms with Gasteiger partial charge in [-0.2, -0.15) is 5.26 Å². The number of rotatable bonds is 2. The van der Waals surface area contributed by atoms with Crippen LogP contribution in [-0.4, -0.2) is 10.9 Å². The largest absolute Gasteiger partial charge is 0.312 e. The van der Waals surface area contributed by atoms with E-state index in [2.05, 4.69) is 26.2 Å². The maximum absolute atomic E-state index is 11.8. The van der Waals surface area contributed by atoms with Gasteiger partial charge in [-0.1, -0.05) is 6.07 Å². The minimum Gasteiger partial charge on any atom is -0.312 e. The third-order valence-corrected chi connectivity index (χ3v) is 3.45. The molecule has 0 spiro atoms. The number of anilines is 1. The molecule has 0 radical (unpaired) electrons. The van der Waals surface area contributed by atoms with Gasteiger partial charge in [-0.05, 0) is 40.2 Å². The number of aromatic nitrogens is 1. The zero-order chi connectivity index (χ0) is 12.3. The van der Waals surface area contributed by atoms with Gasteiger partial charge >= 0.3 is 0 Å². The van der Waals surface area contributed by atoms with Crippen LogP contribution in [0.3, 0.4) is 0 Å². The number of pyridine rings is 1. The number of halogens is 1. The molecule has 84 valence electrons. The molecule has 0 bridgehead atoms. The highest BCUT2D eigenvalue weighted by atomic mass is 79.9. The van der Waals surface area contributed by atoms with Gasteiger partial charge in [0, 0.05) is 0 Å². The average molecular weight is 308 g/mol. The average Bonchev–Trinajstić information content (AvgIpc) is 2.75. The Bertz CT molecular complexity index is 603. The maximum Gasteiger partial charge on any atom is 0.274 e. The number of hydrogen-bond donors (Lipinski definition) is 1. The predicted octanol–water partition coefficient (Wildman–Crippen LogP) is 3.03. The first-order valence-corrected chi connectivity index (χ1v) is 6.24. The van der Waals surface area contributed by atoms with E-state index in [-0.39, 0.29) is 17.3 Å². The summed E-state index contributed by atoms with van der Waals surface area (Å²) in [7, 11) is 0. The van der Waals surface area contributed by atoms with Crippen LogP contribution in [0.1, 0.15) is 16.2 Å². The first-order valence-electron chi connectivity index (χ1n) is 4.63. The standard InChI is InChI=1S/C11H6BrN3OS/c12-9-4-5-10(17-9)15-11(16)8-3-1-2-7(6-13)14-8/h1-5H,(H,15,16). The van der Waals surface area contributed by atoms with E-state index in [0.717, 1.165) is 8.79 Å². The third-order valence-electron chi connectivity index (χ3n) is 1.91. The summed E-state index contributed by atoms with van der Waals surface area (Å²) in [6.45, 7) is 0. The van der Waals surface area contributed by atoms with E-state index >= 15 is 0 Å². The molecule has 1 N–H and O–H groups in total. The SMILES string of the molecule is N#Cc1cccc(C(=O)Nc2ccc(Br)s2)n1. The lowest BCUT2D eigenvalue weighted by Crippen LogP contribution is -2.13. The highest BCUT2D eigenvalue weighted by Gasteiger charge is 2.09. The first kappa shape index (κ1) is 11.8. The summed E-state index contributed by atoms with van der Waals surface area (Å²) >= 11 is 4.72. The summed E-state index contributed by atoms with van der Waals surface area (Å²) in [4.78, 5) is 15.7. The van der Waals surface area contributed by atoms with Crippen molar-refractivity contribution in [2.24, 2.45) is 0 Å². The lowest BCUT2D eigenvalue weighted by molar-refractivity contribution is 0.102. The summed E-state index contributed by atoms with van der Waals surface area (Å²) in [6, 6.07) is 10.3. The fourth-order valence-corrected chi connectivity index (χ4v) is 2.46. The Morgan fingerprint density at radius 2 is 2.24 bits per heavy atom. The lowest BCUT2D eigenvalue weighted by Gasteiger charge is -2.01. The van der Waals surface area contributed by atoms with E-state index < -0.39 is 0 Å². The van der Waals surface area contributed by atoms with Gasteiger partial charge in [-0.25, -0.2) is 4.98 Å². The van der Waals surface area contributed by atoms with Crippen LogP contribution in [0.4, 0.5) is 5.00 Å². The van der Waals surface area contributed by atoms with E-state index in [1.165, 1.54) is 11.3 Å². The van der Waals surface area contributed by atoms with Crippen LogP contribution in [-0.2, 0) is 0 Å². The van der Waals surface area contributed by atoms with Gasteiger partial charge in [-0.3, -0.25) is 4.79 Å². The highest BCUT2D eigenvalue weighted by Crippen LogP contribution is 2.26. The summed E-state index contributed by atoms with van der Waals surface area (Å²) in [5.74, 6) is -0.323. The molecule has 2 aromatic rings. The molecule has 2 aromatic heterocycles. The normalized spacial score (nSPS) is 9.65. The number of thiophene rings is 1. The van der Waals surface area contributed by atoms with Crippen molar-refractivity contribution in [2.45, 2.75) is 0 Å². The molecule has 0 atom stereocenters. The Labute approximate surface area is 110 Å². The quantitative estimate of drug-likeness (QED) is 0.927. The van der Waals surface area contributed by atoms with E-state index in [1.54, 1.807) is 24.3 Å². The molecule has 2 rings (SSSR count). The van der Waals surface area contributed by atoms with Gasteiger partial charge < -0.3 is 5.32 Å². The first-order chi connectivity index (χ1) is 8.19. The number of nitrogens with one attached hydrogen (secondary N) is 1. The van der Waals surface area contributed by atoms with Crippen LogP contribution in [0.5, 0.6) is 0 Å². The van der Waals surface area contributed by atoms with Crippen LogP contribution < -0.4 is 5.32 Å². The number of hydrogen-bond acceptors (Lipinski definition) is 4. The molecule has 1 amide bonds. The van der Waals surface area contributed by atoms with Crippen LogP contribution in [0.2, 0.25) is 0 Å². The van der Waals surface area contributed by atoms with Crippen LogP contribution in [0, 0.1) is 11.3 Å². The Balaban J connectivity index is 2.17. The van der Waals surface area contributed by atoms with Gasteiger partial charge in [0.25, 0.3) is 5.91 Å².